The molecule has 1 fully saturated rings. The number of ether oxygens (including phenoxy) is 2. The third-order valence-electron chi connectivity index (χ3n) is 4.83. The first-order valence-electron chi connectivity index (χ1n) is 8.60. The van der Waals surface area contributed by atoms with Crippen LogP contribution in [-0.2, 0) is 25.7 Å². The van der Waals surface area contributed by atoms with E-state index in [-0.39, 0.29) is 24.5 Å². The molecule has 2 rings (SSSR count). The van der Waals surface area contributed by atoms with Crippen LogP contribution in [0.3, 0.4) is 0 Å². The van der Waals surface area contributed by atoms with Gasteiger partial charge < -0.3 is 9.47 Å². The summed E-state index contributed by atoms with van der Waals surface area (Å²) in [4.78, 5) is 22.9. The molecule has 0 unspecified atom stereocenters. The molecule has 4 atom stereocenters. The predicted octanol–water partition coefficient (Wildman–Crippen LogP) is 2.20. The van der Waals surface area contributed by atoms with Gasteiger partial charge in [0.15, 0.2) is 0 Å². The number of benzene rings is 1. The number of alkyl halides is 3. The van der Waals surface area contributed by atoms with Gasteiger partial charge in [0.1, 0.15) is 0 Å². The summed E-state index contributed by atoms with van der Waals surface area (Å²) in [7, 11) is 0. The maximum Gasteiger partial charge on any atom is 0.472 e. The highest BCUT2D eigenvalue weighted by Gasteiger charge is 2.41. The first-order valence-corrected chi connectivity index (χ1v) is 8.60. The molecule has 0 spiro atoms. The van der Waals surface area contributed by atoms with Gasteiger partial charge in [0, 0.05) is 0 Å². The largest absolute Gasteiger partial charge is 0.472 e. The molecule has 0 saturated carbocycles. The molecule has 0 aliphatic carbocycles. The van der Waals surface area contributed by atoms with Crippen LogP contribution in [0.2, 0.25) is 0 Å². The number of rotatable bonds is 5. The Balaban J connectivity index is 1.80. The fraction of sp³-hybridized carbons (Fsp3) is 0.556. The molecule has 0 radical (unpaired) electrons. The van der Waals surface area contributed by atoms with Crippen molar-refractivity contribution in [1.29, 1.82) is 0 Å². The van der Waals surface area contributed by atoms with Crippen molar-refractivity contribution in [3.05, 3.63) is 35.9 Å². The molecular weight excluding hydrogens is 365 g/mol. The van der Waals surface area contributed by atoms with Crippen LogP contribution in [0.1, 0.15) is 19.4 Å². The Labute approximate surface area is 155 Å². The van der Waals surface area contributed by atoms with Crippen LogP contribution in [0.5, 0.6) is 0 Å². The highest BCUT2D eigenvalue weighted by molar-refractivity contribution is 5.86. The van der Waals surface area contributed by atoms with Crippen molar-refractivity contribution in [2.45, 2.75) is 32.7 Å². The molecule has 0 bridgehead atoms. The maximum absolute atomic E-state index is 12.2. The number of amides is 2. The third-order valence-corrected chi connectivity index (χ3v) is 4.83. The molecular formula is C18H23F3N2O4. The van der Waals surface area contributed by atoms with E-state index in [9.17, 15) is 22.8 Å². The number of hydrogen-bond acceptors (Lipinski definition) is 4. The van der Waals surface area contributed by atoms with E-state index in [1.165, 1.54) is 5.43 Å². The number of carbonyl (C=O) groups is 2. The molecule has 1 heterocycles. The molecule has 2 amide bonds. The van der Waals surface area contributed by atoms with Crippen LogP contribution in [0, 0.1) is 17.8 Å². The lowest BCUT2D eigenvalue weighted by atomic mass is 9.78. The van der Waals surface area contributed by atoms with E-state index >= 15 is 0 Å². The second-order valence-electron chi connectivity index (χ2n) is 6.64. The van der Waals surface area contributed by atoms with Gasteiger partial charge in [-0.3, -0.25) is 20.4 Å². The molecule has 1 aliphatic heterocycles. The highest BCUT2D eigenvalue weighted by atomic mass is 19.4. The second kappa shape index (κ2) is 9.18. The average Bonchev–Trinajstić information content (AvgIpc) is 2.63. The standard InChI is InChI=1S/C18H23F3N2O4/c1-11-12(2)15(10-26-8-13-6-4-3-5-7-13)27-9-14(11)16(24)22-23-17(25)18(19,20)21/h3-7,11-12,14-15H,8-10H2,1-2H3,(H,22,24)(H,23,25)/t11-,12+,14+,15+/m0/s1. The predicted molar refractivity (Wildman–Crippen MR) is 90.0 cm³/mol. The zero-order chi connectivity index (χ0) is 20.0. The molecule has 150 valence electrons. The minimum Gasteiger partial charge on any atom is -0.375 e. The Morgan fingerprint density at radius 1 is 1.15 bits per heavy atom. The smallest absolute Gasteiger partial charge is 0.375 e. The van der Waals surface area contributed by atoms with Crippen molar-refractivity contribution in [2.75, 3.05) is 13.2 Å². The van der Waals surface area contributed by atoms with Crippen LogP contribution in [-0.4, -0.2) is 37.3 Å². The minimum atomic E-state index is -5.06. The van der Waals surface area contributed by atoms with Gasteiger partial charge >= 0.3 is 12.1 Å². The van der Waals surface area contributed by atoms with Crippen LogP contribution < -0.4 is 10.9 Å². The van der Waals surface area contributed by atoms with Crippen molar-refractivity contribution in [1.82, 2.24) is 10.9 Å². The average molecular weight is 388 g/mol. The van der Waals surface area contributed by atoms with Crippen molar-refractivity contribution in [3.63, 3.8) is 0 Å². The first-order chi connectivity index (χ1) is 12.7. The molecule has 2 N–H and O–H groups in total. The summed E-state index contributed by atoms with van der Waals surface area (Å²) in [6, 6.07) is 9.65. The quantitative estimate of drug-likeness (QED) is 0.759. The van der Waals surface area contributed by atoms with Crippen molar-refractivity contribution >= 4 is 11.8 Å². The summed E-state index contributed by atoms with van der Waals surface area (Å²) in [5.41, 5.74) is 4.23. The summed E-state index contributed by atoms with van der Waals surface area (Å²) < 4.78 is 47.9. The lowest BCUT2D eigenvalue weighted by Crippen LogP contribution is -2.54. The van der Waals surface area contributed by atoms with Gasteiger partial charge in [0.25, 0.3) is 0 Å². The molecule has 9 heteroatoms. The number of carbonyl (C=O) groups excluding carboxylic acids is 2. The molecule has 27 heavy (non-hydrogen) atoms. The molecule has 0 aromatic heterocycles. The zero-order valence-electron chi connectivity index (χ0n) is 15.1. The molecule has 1 saturated heterocycles. The maximum atomic E-state index is 12.2. The van der Waals surface area contributed by atoms with Crippen LogP contribution >= 0.6 is 0 Å². The van der Waals surface area contributed by atoms with E-state index in [1.54, 1.807) is 0 Å². The fourth-order valence-corrected chi connectivity index (χ4v) is 2.90. The van der Waals surface area contributed by atoms with Gasteiger partial charge in [-0.1, -0.05) is 44.2 Å². The molecule has 1 aromatic rings. The SMILES string of the molecule is C[C@@H]1[C@H](C)[C@H](C(=O)NNC(=O)C(F)(F)F)CO[C@@H]1COCc1ccccc1. The third kappa shape index (κ3) is 5.93. The lowest BCUT2D eigenvalue weighted by molar-refractivity contribution is -0.176. The molecule has 1 aliphatic rings. The summed E-state index contributed by atoms with van der Waals surface area (Å²) in [6.07, 6.45) is -5.28. The number of halogens is 3. The first kappa shape index (κ1) is 21.2. The summed E-state index contributed by atoms with van der Waals surface area (Å²) in [5.74, 6) is -3.81. The van der Waals surface area contributed by atoms with E-state index in [1.807, 2.05) is 49.6 Å². The van der Waals surface area contributed by atoms with Crippen molar-refractivity contribution in [2.24, 2.45) is 17.8 Å². The van der Waals surface area contributed by atoms with Crippen LogP contribution in [0.25, 0.3) is 0 Å². The van der Waals surface area contributed by atoms with Crippen molar-refractivity contribution < 1.29 is 32.2 Å². The zero-order valence-corrected chi connectivity index (χ0v) is 15.1. The Morgan fingerprint density at radius 2 is 1.81 bits per heavy atom. The topological polar surface area (TPSA) is 76.7 Å². The monoisotopic (exact) mass is 388 g/mol. The van der Waals surface area contributed by atoms with Gasteiger partial charge in [-0.25, -0.2) is 0 Å². The van der Waals surface area contributed by atoms with E-state index in [0.29, 0.717) is 13.2 Å². The molecule has 1 aromatic carbocycles. The van der Waals surface area contributed by atoms with Gasteiger partial charge in [0.2, 0.25) is 5.91 Å². The van der Waals surface area contributed by atoms with E-state index < -0.39 is 23.9 Å². The lowest BCUT2D eigenvalue weighted by Gasteiger charge is -2.39. The van der Waals surface area contributed by atoms with E-state index in [2.05, 4.69) is 0 Å². The summed E-state index contributed by atoms with van der Waals surface area (Å²) in [6.45, 7) is 4.55. The number of hydrogen-bond donors (Lipinski definition) is 2. The van der Waals surface area contributed by atoms with Gasteiger partial charge in [-0.15, -0.1) is 0 Å². The minimum absolute atomic E-state index is 0.0403. The van der Waals surface area contributed by atoms with Crippen molar-refractivity contribution in [3.8, 4) is 0 Å². The normalized spacial score (nSPS) is 25.7. The molecule has 6 nitrogen and oxygen atoms in total. The van der Waals surface area contributed by atoms with Gasteiger partial charge in [-0.05, 0) is 17.4 Å². The Bertz CT molecular complexity index is 639. The van der Waals surface area contributed by atoms with E-state index in [4.69, 9.17) is 9.47 Å². The Morgan fingerprint density at radius 3 is 2.44 bits per heavy atom. The summed E-state index contributed by atoms with van der Waals surface area (Å²) in [5, 5.41) is 0. The summed E-state index contributed by atoms with van der Waals surface area (Å²) >= 11 is 0. The Hall–Kier alpha value is -2.13. The van der Waals surface area contributed by atoms with E-state index in [0.717, 1.165) is 5.56 Å². The fourth-order valence-electron chi connectivity index (χ4n) is 2.90. The number of hydrazine groups is 1. The Kier molecular flexibility index (Phi) is 7.20. The van der Waals surface area contributed by atoms with Gasteiger partial charge in [0.05, 0.1) is 31.8 Å². The van der Waals surface area contributed by atoms with Crippen LogP contribution in [0.4, 0.5) is 13.2 Å². The number of nitrogens with one attached hydrogen (secondary N) is 2. The van der Waals surface area contributed by atoms with Gasteiger partial charge in [-0.2, -0.15) is 13.2 Å². The highest BCUT2D eigenvalue weighted by Crippen LogP contribution is 2.31. The second-order valence-corrected chi connectivity index (χ2v) is 6.64. The van der Waals surface area contributed by atoms with Crippen LogP contribution in [0.15, 0.2) is 30.3 Å².